The Bertz CT molecular complexity index is 734. The van der Waals surface area contributed by atoms with Crippen LogP contribution in [0.2, 0.25) is 5.02 Å². The zero-order chi connectivity index (χ0) is 14.5. The van der Waals surface area contributed by atoms with Crippen LogP contribution in [0.4, 0.5) is 5.69 Å². The van der Waals surface area contributed by atoms with E-state index < -0.39 is 0 Å². The molecule has 0 aliphatic carbocycles. The monoisotopic (exact) mass is 329 g/mol. The summed E-state index contributed by atoms with van der Waals surface area (Å²) in [6.07, 6.45) is 1.90. The molecule has 4 heteroatoms. The Balaban J connectivity index is 1.84. The summed E-state index contributed by atoms with van der Waals surface area (Å²) in [6, 6.07) is 18.1. The quantitative estimate of drug-likeness (QED) is 0.511. The molecule has 0 spiro atoms. The zero-order valence-electron chi connectivity index (χ0n) is 11.1. The molecule has 0 unspecified atom stereocenters. The first-order valence-electron chi connectivity index (χ1n) is 6.40. The average Bonchev–Trinajstić information content (AvgIpc) is 3.02. The summed E-state index contributed by atoms with van der Waals surface area (Å²) in [5, 5.41) is 4.89. The van der Waals surface area contributed by atoms with Crippen molar-refractivity contribution in [3.05, 3.63) is 75.9 Å². The molecule has 1 aromatic heterocycles. The summed E-state index contributed by atoms with van der Waals surface area (Å²) in [7, 11) is 0. The largest absolute Gasteiger partial charge is 0.255 e. The number of benzene rings is 2. The summed E-state index contributed by atoms with van der Waals surface area (Å²) < 4.78 is 0. The van der Waals surface area contributed by atoms with Gasteiger partial charge >= 0.3 is 0 Å². The molecule has 0 saturated carbocycles. The third-order valence-electron chi connectivity index (χ3n) is 2.80. The molecule has 0 amide bonds. The van der Waals surface area contributed by atoms with E-state index >= 15 is 0 Å². The lowest BCUT2D eigenvalue weighted by Gasteiger charge is -2.05. The highest BCUT2D eigenvalue weighted by atomic mass is 35.5. The SMILES string of the molecule is Clc1ccc(Sc2ccccc2N=Cc2ccsc2)cc1. The van der Waals surface area contributed by atoms with Crippen molar-refractivity contribution in [1.82, 2.24) is 0 Å². The lowest BCUT2D eigenvalue weighted by molar-refractivity contribution is 1.36. The Hall–Kier alpha value is -1.55. The van der Waals surface area contributed by atoms with Gasteiger partial charge in [0.2, 0.25) is 0 Å². The number of nitrogens with zero attached hydrogens (tertiary/aromatic N) is 1. The van der Waals surface area contributed by atoms with Crippen molar-refractivity contribution >= 4 is 46.6 Å². The third-order valence-corrected chi connectivity index (χ3v) is 4.83. The highest BCUT2D eigenvalue weighted by Crippen LogP contribution is 2.35. The first kappa shape index (κ1) is 14.4. The normalized spacial score (nSPS) is 11.1. The summed E-state index contributed by atoms with van der Waals surface area (Å²) in [4.78, 5) is 6.88. The van der Waals surface area contributed by atoms with Crippen LogP contribution in [0.1, 0.15) is 5.56 Å². The minimum absolute atomic E-state index is 0.753. The van der Waals surface area contributed by atoms with Crippen molar-refractivity contribution in [3.63, 3.8) is 0 Å². The van der Waals surface area contributed by atoms with Gasteiger partial charge in [-0.05, 0) is 53.2 Å². The van der Waals surface area contributed by atoms with Crippen molar-refractivity contribution in [2.24, 2.45) is 4.99 Å². The molecule has 0 N–H and O–H groups in total. The Morgan fingerprint density at radius 1 is 1.00 bits per heavy atom. The molecule has 1 nitrogen and oxygen atoms in total. The second kappa shape index (κ2) is 6.94. The van der Waals surface area contributed by atoms with E-state index in [1.165, 1.54) is 0 Å². The fourth-order valence-electron chi connectivity index (χ4n) is 1.77. The van der Waals surface area contributed by atoms with Crippen LogP contribution < -0.4 is 0 Å². The van der Waals surface area contributed by atoms with E-state index in [0.717, 1.165) is 26.1 Å². The van der Waals surface area contributed by atoms with Crippen LogP contribution in [0.3, 0.4) is 0 Å². The number of halogens is 1. The summed E-state index contributed by atoms with van der Waals surface area (Å²) in [6.45, 7) is 0. The van der Waals surface area contributed by atoms with Gasteiger partial charge < -0.3 is 0 Å². The van der Waals surface area contributed by atoms with E-state index in [2.05, 4.69) is 27.9 Å². The van der Waals surface area contributed by atoms with Crippen LogP contribution in [0.15, 0.2) is 80.1 Å². The Morgan fingerprint density at radius 3 is 2.57 bits per heavy atom. The van der Waals surface area contributed by atoms with Gasteiger partial charge in [0.15, 0.2) is 0 Å². The van der Waals surface area contributed by atoms with Crippen LogP contribution in [0, 0.1) is 0 Å². The molecule has 0 fully saturated rings. The van der Waals surface area contributed by atoms with E-state index in [0.29, 0.717) is 0 Å². The van der Waals surface area contributed by atoms with Gasteiger partial charge in [-0.25, -0.2) is 0 Å². The molecule has 104 valence electrons. The van der Waals surface area contributed by atoms with Crippen molar-refractivity contribution in [3.8, 4) is 0 Å². The Morgan fingerprint density at radius 2 is 1.81 bits per heavy atom. The fraction of sp³-hybridized carbons (Fsp3) is 0. The standard InChI is InChI=1S/C17H12ClNS2/c18-14-5-7-15(8-6-14)21-17-4-2-1-3-16(17)19-11-13-9-10-20-12-13/h1-12H. The molecular formula is C17H12ClNS2. The molecule has 0 saturated heterocycles. The number of hydrogen-bond donors (Lipinski definition) is 0. The lowest BCUT2D eigenvalue weighted by Crippen LogP contribution is -1.78. The van der Waals surface area contributed by atoms with Gasteiger partial charge in [0, 0.05) is 26.6 Å². The molecule has 0 aliphatic heterocycles. The number of hydrogen-bond acceptors (Lipinski definition) is 3. The van der Waals surface area contributed by atoms with Gasteiger partial charge in [-0.15, -0.1) is 0 Å². The fourth-order valence-corrected chi connectivity index (χ4v) is 3.41. The van der Waals surface area contributed by atoms with Gasteiger partial charge in [0.1, 0.15) is 0 Å². The van der Waals surface area contributed by atoms with Gasteiger partial charge in [-0.2, -0.15) is 11.3 Å². The zero-order valence-corrected chi connectivity index (χ0v) is 13.5. The highest BCUT2D eigenvalue weighted by molar-refractivity contribution is 7.99. The van der Waals surface area contributed by atoms with Gasteiger partial charge in [0.05, 0.1) is 5.69 Å². The lowest BCUT2D eigenvalue weighted by atomic mass is 10.3. The van der Waals surface area contributed by atoms with Gasteiger partial charge in [-0.1, -0.05) is 35.5 Å². The van der Waals surface area contributed by atoms with Crippen LogP contribution >= 0.6 is 34.7 Å². The van der Waals surface area contributed by atoms with E-state index in [9.17, 15) is 0 Å². The maximum Gasteiger partial charge on any atom is 0.0769 e. The maximum absolute atomic E-state index is 5.92. The van der Waals surface area contributed by atoms with E-state index in [4.69, 9.17) is 11.6 Å². The van der Waals surface area contributed by atoms with Gasteiger partial charge in [-0.3, -0.25) is 4.99 Å². The molecule has 1 heterocycles. The summed E-state index contributed by atoms with van der Waals surface area (Å²) >= 11 is 9.29. The molecule has 3 aromatic rings. The van der Waals surface area contributed by atoms with Gasteiger partial charge in [0.25, 0.3) is 0 Å². The molecule has 0 aliphatic rings. The molecule has 3 rings (SSSR count). The Labute approximate surface area is 137 Å². The summed E-state index contributed by atoms with van der Waals surface area (Å²) in [5.41, 5.74) is 2.11. The number of thiophene rings is 1. The number of para-hydroxylation sites is 1. The molecule has 0 atom stereocenters. The van der Waals surface area contributed by atoms with Crippen LogP contribution in [-0.2, 0) is 0 Å². The van der Waals surface area contributed by atoms with Crippen molar-refractivity contribution < 1.29 is 0 Å². The van der Waals surface area contributed by atoms with Crippen molar-refractivity contribution in [2.75, 3.05) is 0 Å². The summed E-state index contributed by atoms with van der Waals surface area (Å²) in [5.74, 6) is 0. The first-order valence-corrected chi connectivity index (χ1v) is 8.54. The second-order valence-electron chi connectivity index (χ2n) is 4.34. The molecule has 0 bridgehead atoms. The number of rotatable bonds is 4. The van der Waals surface area contributed by atoms with Crippen LogP contribution in [0.5, 0.6) is 0 Å². The molecule has 2 aromatic carbocycles. The van der Waals surface area contributed by atoms with E-state index in [1.54, 1.807) is 23.1 Å². The van der Waals surface area contributed by atoms with Crippen LogP contribution in [-0.4, -0.2) is 6.21 Å². The molecule has 0 radical (unpaired) electrons. The topological polar surface area (TPSA) is 12.4 Å². The van der Waals surface area contributed by atoms with Crippen molar-refractivity contribution in [1.29, 1.82) is 0 Å². The second-order valence-corrected chi connectivity index (χ2v) is 6.67. The van der Waals surface area contributed by atoms with Crippen LogP contribution in [0.25, 0.3) is 0 Å². The average molecular weight is 330 g/mol. The Kier molecular flexibility index (Phi) is 4.76. The maximum atomic E-state index is 5.92. The van der Waals surface area contributed by atoms with E-state index in [1.807, 2.05) is 48.7 Å². The first-order chi connectivity index (χ1) is 10.3. The minimum Gasteiger partial charge on any atom is -0.255 e. The molecular weight excluding hydrogens is 318 g/mol. The number of aliphatic imine (C=N–C) groups is 1. The predicted octanol–water partition coefficient (Wildman–Crippen LogP) is 6.30. The third kappa shape index (κ3) is 3.97. The predicted molar refractivity (Wildman–Crippen MR) is 93.6 cm³/mol. The van der Waals surface area contributed by atoms with Crippen molar-refractivity contribution in [2.45, 2.75) is 9.79 Å². The smallest absolute Gasteiger partial charge is 0.0769 e. The van der Waals surface area contributed by atoms with E-state index in [-0.39, 0.29) is 0 Å². The highest BCUT2D eigenvalue weighted by Gasteiger charge is 2.03. The minimum atomic E-state index is 0.753. The molecule has 21 heavy (non-hydrogen) atoms.